The van der Waals surface area contributed by atoms with Gasteiger partial charge in [0.25, 0.3) is 0 Å². The van der Waals surface area contributed by atoms with Crippen molar-refractivity contribution in [2.75, 3.05) is 26.3 Å². The van der Waals surface area contributed by atoms with Crippen LogP contribution >= 0.6 is 0 Å². The molecule has 0 unspecified atom stereocenters. The first kappa shape index (κ1) is 11.6. The van der Waals surface area contributed by atoms with Crippen LogP contribution in [0.4, 0.5) is 0 Å². The molecule has 1 fully saturated rings. The van der Waals surface area contributed by atoms with Crippen LogP contribution in [-0.4, -0.2) is 40.9 Å². The van der Waals surface area contributed by atoms with E-state index in [1.165, 1.54) is 5.56 Å². The number of aryl methyl sites for hydroxylation is 1. The van der Waals surface area contributed by atoms with Crippen molar-refractivity contribution >= 4 is 10.9 Å². The third kappa shape index (κ3) is 2.09. The highest BCUT2D eigenvalue weighted by Crippen LogP contribution is 2.25. The largest absolute Gasteiger partial charge is 0.508 e. The average Bonchev–Trinajstić information content (AvgIpc) is 2.67. The van der Waals surface area contributed by atoms with Crippen molar-refractivity contribution in [2.24, 2.45) is 7.05 Å². The Morgan fingerprint density at radius 1 is 1.28 bits per heavy atom. The topological polar surface area (TPSA) is 37.6 Å². The van der Waals surface area contributed by atoms with Crippen LogP contribution in [0.3, 0.4) is 0 Å². The maximum absolute atomic E-state index is 9.63. The predicted octanol–water partition coefficient (Wildman–Crippen LogP) is 1.72. The molecular formula is C14H18N2O2. The van der Waals surface area contributed by atoms with Gasteiger partial charge in [-0.2, -0.15) is 0 Å². The van der Waals surface area contributed by atoms with Crippen LogP contribution in [0.1, 0.15) is 5.56 Å². The van der Waals surface area contributed by atoms with Gasteiger partial charge in [0.15, 0.2) is 0 Å². The van der Waals surface area contributed by atoms with Gasteiger partial charge in [-0.3, -0.25) is 4.90 Å². The summed E-state index contributed by atoms with van der Waals surface area (Å²) in [6.45, 7) is 4.51. The number of aromatic hydroxyl groups is 1. The van der Waals surface area contributed by atoms with E-state index in [9.17, 15) is 5.11 Å². The number of benzene rings is 1. The van der Waals surface area contributed by atoms with Gasteiger partial charge >= 0.3 is 0 Å². The summed E-state index contributed by atoms with van der Waals surface area (Å²) in [5.74, 6) is 0.330. The van der Waals surface area contributed by atoms with Crippen molar-refractivity contribution in [2.45, 2.75) is 6.54 Å². The molecule has 1 aliphatic rings. The second-order valence-corrected chi connectivity index (χ2v) is 4.86. The molecule has 1 aliphatic heterocycles. The minimum Gasteiger partial charge on any atom is -0.508 e. The Labute approximate surface area is 106 Å². The van der Waals surface area contributed by atoms with E-state index in [0.29, 0.717) is 5.75 Å². The first-order chi connectivity index (χ1) is 8.74. The molecule has 18 heavy (non-hydrogen) atoms. The zero-order chi connectivity index (χ0) is 12.5. The number of nitrogens with zero attached hydrogens (tertiary/aromatic N) is 2. The fourth-order valence-electron chi connectivity index (χ4n) is 2.59. The summed E-state index contributed by atoms with van der Waals surface area (Å²) in [4.78, 5) is 2.39. The monoisotopic (exact) mass is 246 g/mol. The van der Waals surface area contributed by atoms with E-state index >= 15 is 0 Å². The van der Waals surface area contributed by atoms with Crippen molar-refractivity contribution in [1.82, 2.24) is 9.47 Å². The third-order valence-electron chi connectivity index (χ3n) is 3.55. The number of aromatic nitrogens is 1. The molecular weight excluding hydrogens is 228 g/mol. The quantitative estimate of drug-likeness (QED) is 0.876. The van der Waals surface area contributed by atoms with Crippen molar-refractivity contribution in [1.29, 1.82) is 0 Å². The van der Waals surface area contributed by atoms with Crippen molar-refractivity contribution < 1.29 is 9.84 Å². The van der Waals surface area contributed by atoms with Gasteiger partial charge in [-0.1, -0.05) is 0 Å². The number of hydrogen-bond donors (Lipinski definition) is 1. The molecule has 4 nitrogen and oxygen atoms in total. The SMILES string of the molecule is Cn1cc(CN2CCOCC2)c2cc(O)ccc21. The number of ether oxygens (including phenoxy) is 1. The third-order valence-corrected chi connectivity index (χ3v) is 3.55. The van der Waals surface area contributed by atoms with Crippen LogP contribution in [0.15, 0.2) is 24.4 Å². The molecule has 1 aromatic heterocycles. The summed E-state index contributed by atoms with van der Waals surface area (Å²) in [5.41, 5.74) is 2.43. The van der Waals surface area contributed by atoms with E-state index in [2.05, 4.69) is 15.7 Å². The van der Waals surface area contributed by atoms with Crippen molar-refractivity contribution in [3.63, 3.8) is 0 Å². The summed E-state index contributed by atoms with van der Waals surface area (Å²) in [6.07, 6.45) is 2.15. The average molecular weight is 246 g/mol. The van der Waals surface area contributed by atoms with Gasteiger partial charge in [0.2, 0.25) is 0 Å². The van der Waals surface area contributed by atoms with E-state index in [1.54, 1.807) is 6.07 Å². The Balaban J connectivity index is 1.93. The number of morpholine rings is 1. The molecule has 2 heterocycles. The van der Waals surface area contributed by atoms with Gasteiger partial charge in [0.05, 0.1) is 13.2 Å². The van der Waals surface area contributed by atoms with Crippen LogP contribution < -0.4 is 0 Å². The first-order valence-corrected chi connectivity index (χ1v) is 6.31. The fourth-order valence-corrected chi connectivity index (χ4v) is 2.59. The van der Waals surface area contributed by atoms with Gasteiger partial charge in [-0.05, 0) is 23.8 Å². The van der Waals surface area contributed by atoms with Crippen molar-refractivity contribution in [3.8, 4) is 5.75 Å². The molecule has 4 heteroatoms. The molecule has 96 valence electrons. The van der Waals surface area contributed by atoms with Gasteiger partial charge in [0, 0.05) is 43.8 Å². The molecule has 0 atom stereocenters. The molecule has 0 bridgehead atoms. The second-order valence-electron chi connectivity index (χ2n) is 4.86. The normalized spacial score (nSPS) is 17.4. The van der Waals surface area contributed by atoms with E-state index in [-0.39, 0.29) is 0 Å². The molecule has 3 rings (SSSR count). The second kappa shape index (κ2) is 4.63. The molecule has 1 N–H and O–H groups in total. The lowest BCUT2D eigenvalue weighted by Crippen LogP contribution is -2.35. The zero-order valence-electron chi connectivity index (χ0n) is 10.6. The molecule has 0 spiro atoms. The fraction of sp³-hybridized carbons (Fsp3) is 0.429. The molecule has 0 aliphatic carbocycles. The summed E-state index contributed by atoms with van der Waals surface area (Å²) in [7, 11) is 2.04. The highest BCUT2D eigenvalue weighted by Gasteiger charge is 2.14. The molecule has 1 saturated heterocycles. The lowest BCUT2D eigenvalue weighted by molar-refractivity contribution is 0.0343. The zero-order valence-corrected chi connectivity index (χ0v) is 10.6. The Morgan fingerprint density at radius 3 is 2.83 bits per heavy atom. The summed E-state index contributed by atoms with van der Waals surface area (Å²) in [6, 6.07) is 5.56. The minimum atomic E-state index is 0.330. The molecule has 0 radical (unpaired) electrons. The summed E-state index contributed by atoms with van der Waals surface area (Å²) < 4.78 is 7.48. The van der Waals surface area contributed by atoms with E-state index < -0.39 is 0 Å². The maximum atomic E-state index is 9.63. The van der Waals surface area contributed by atoms with E-state index in [0.717, 1.165) is 43.8 Å². The Bertz CT molecular complexity index is 556. The minimum absolute atomic E-state index is 0.330. The number of phenolic OH excluding ortho intramolecular Hbond substituents is 1. The van der Waals surface area contributed by atoms with E-state index in [1.807, 2.05) is 19.2 Å². The van der Waals surface area contributed by atoms with Crippen LogP contribution in [0.25, 0.3) is 10.9 Å². The van der Waals surface area contributed by atoms with Crippen LogP contribution in [0.2, 0.25) is 0 Å². The highest BCUT2D eigenvalue weighted by molar-refractivity contribution is 5.85. The molecule has 0 amide bonds. The first-order valence-electron chi connectivity index (χ1n) is 6.31. The van der Waals surface area contributed by atoms with Gasteiger partial charge < -0.3 is 14.4 Å². The number of hydrogen-bond acceptors (Lipinski definition) is 3. The van der Waals surface area contributed by atoms with Gasteiger partial charge in [-0.15, -0.1) is 0 Å². The van der Waals surface area contributed by atoms with Gasteiger partial charge in [-0.25, -0.2) is 0 Å². The van der Waals surface area contributed by atoms with Gasteiger partial charge in [0.1, 0.15) is 5.75 Å². The Kier molecular flexibility index (Phi) is 2.97. The highest BCUT2D eigenvalue weighted by atomic mass is 16.5. The molecule has 2 aromatic rings. The number of fused-ring (bicyclic) bond motifs is 1. The lowest BCUT2D eigenvalue weighted by Gasteiger charge is -2.26. The summed E-state index contributed by atoms with van der Waals surface area (Å²) in [5, 5.41) is 10.8. The van der Waals surface area contributed by atoms with Crippen LogP contribution in [0, 0.1) is 0 Å². The molecule has 0 saturated carbocycles. The van der Waals surface area contributed by atoms with Crippen LogP contribution in [-0.2, 0) is 18.3 Å². The Morgan fingerprint density at radius 2 is 2.06 bits per heavy atom. The van der Waals surface area contributed by atoms with E-state index in [4.69, 9.17) is 4.74 Å². The number of rotatable bonds is 2. The van der Waals surface area contributed by atoms with Crippen molar-refractivity contribution in [3.05, 3.63) is 30.0 Å². The molecule has 1 aromatic carbocycles. The maximum Gasteiger partial charge on any atom is 0.116 e. The Hall–Kier alpha value is -1.52. The summed E-state index contributed by atoms with van der Waals surface area (Å²) >= 11 is 0. The predicted molar refractivity (Wildman–Crippen MR) is 70.7 cm³/mol. The van der Waals surface area contributed by atoms with Crippen LogP contribution in [0.5, 0.6) is 5.75 Å². The lowest BCUT2D eigenvalue weighted by atomic mass is 10.1. The number of phenols is 1. The smallest absolute Gasteiger partial charge is 0.116 e. The standard InChI is InChI=1S/C14H18N2O2/c1-15-9-11(10-16-4-6-18-7-5-16)13-8-12(17)2-3-14(13)15/h2-3,8-9,17H,4-7,10H2,1H3.